The summed E-state index contributed by atoms with van der Waals surface area (Å²) in [5, 5.41) is 9.14. The second kappa shape index (κ2) is 5.97. The maximum Gasteiger partial charge on any atom is 0.341 e. The Labute approximate surface area is 113 Å². The van der Waals surface area contributed by atoms with Crippen LogP contribution < -0.4 is 4.90 Å². The monoisotopic (exact) mass is 264 g/mol. The lowest BCUT2D eigenvalue weighted by Gasteiger charge is -2.32. The van der Waals surface area contributed by atoms with Crippen LogP contribution >= 0.6 is 0 Å². The molecule has 0 saturated carbocycles. The third kappa shape index (κ3) is 3.41. The molecule has 1 fully saturated rings. The average Bonchev–Trinajstić information content (AvgIpc) is 2.41. The molecule has 0 bridgehead atoms. The first kappa shape index (κ1) is 13.7. The molecule has 19 heavy (non-hydrogen) atoms. The molecule has 1 aromatic heterocycles. The number of carboxylic acid groups (broad SMARTS) is 1. The first-order valence-corrected chi connectivity index (χ1v) is 6.51. The standard InChI is InChI=1S/C13H20N4O2/c1-16-5-3-10(4-6-16)8-17(2)12-11(13(18)19)7-14-9-15-12/h7,9-10H,3-6,8H2,1-2H3,(H,18,19). The van der Waals surface area contributed by atoms with Crippen molar-refractivity contribution >= 4 is 11.8 Å². The van der Waals surface area contributed by atoms with Gasteiger partial charge in [-0.15, -0.1) is 0 Å². The summed E-state index contributed by atoms with van der Waals surface area (Å²) in [5.41, 5.74) is 0.165. The number of hydrogen-bond acceptors (Lipinski definition) is 5. The molecule has 1 saturated heterocycles. The summed E-state index contributed by atoms with van der Waals surface area (Å²) in [6.07, 6.45) is 5.05. The van der Waals surface area contributed by atoms with Gasteiger partial charge in [0.05, 0.1) is 0 Å². The molecule has 0 radical (unpaired) electrons. The van der Waals surface area contributed by atoms with E-state index in [9.17, 15) is 4.79 Å². The van der Waals surface area contributed by atoms with Crippen molar-refractivity contribution < 1.29 is 9.90 Å². The topological polar surface area (TPSA) is 69.6 Å². The van der Waals surface area contributed by atoms with Gasteiger partial charge in [-0.05, 0) is 38.9 Å². The molecule has 0 unspecified atom stereocenters. The third-order valence-corrected chi connectivity index (χ3v) is 3.65. The Balaban J connectivity index is 2.03. The van der Waals surface area contributed by atoms with Gasteiger partial charge >= 0.3 is 5.97 Å². The van der Waals surface area contributed by atoms with E-state index >= 15 is 0 Å². The normalized spacial score (nSPS) is 17.4. The molecule has 0 amide bonds. The number of aromatic nitrogens is 2. The Kier molecular flexibility index (Phi) is 4.31. The highest BCUT2D eigenvalue weighted by Gasteiger charge is 2.21. The van der Waals surface area contributed by atoms with Crippen molar-refractivity contribution in [1.82, 2.24) is 14.9 Å². The van der Waals surface area contributed by atoms with E-state index in [0.717, 1.165) is 32.5 Å². The van der Waals surface area contributed by atoms with E-state index in [1.54, 1.807) is 0 Å². The highest BCUT2D eigenvalue weighted by molar-refractivity contribution is 5.92. The molecule has 2 rings (SSSR count). The van der Waals surface area contributed by atoms with Crippen LogP contribution in [0.5, 0.6) is 0 Å². The first-order valence-electron chi connectivity index (χ1n) is 6.51. The zero-order chi connectivity index (χ0) is 13.8. The maximum absolute atomic E-state index is 11.1. The fourth-order valence-electron chi connectivity index (χ4n) is 2.50. The van der Waals surface area contributed by atoms with Crippen LogP contribution in [-0.4, -0.2) is 59.7 Å². The largest absolute Gasteiger partial charge is 0.477 e. The lowest BCUT2D eigenvalue weighted by Crippen LogP contribution is -2.36. The molecular formula is C13H20N4O2. The van der Waals surface area contributed by atoms with Gasteiger partial charge in [-0.25, -0.2) is 14.8 Å². The zero-order valence-corrected chi connectivity index (χ0v) is 11.4. The Morgan fingerprint density at radius 2 is 2.21 bits per heavy atom. The van der Waals surface area contributed by atoms with Crippen molar-refractivity contribution in [1.29, 1.82) is 0 Å². The summed E-state index contributed by atoms with van der Waals surface area (Å²) in [6.45, 7) is 3.05. The number of nitrogens with zero attached hydrogens (tertiary/aromatic N) is 4. The summed E-state index contributed by atoms with van der Waals surface area (Å²) >= 11 is 0. The molecule has 0 atom stereocenters. The Hall–Kier alpha value is -1.69. The number of piperidine rings is 1. The Morgan fingerprint density at radius 1 is 1.53 bits per heavy atom. The van der Waals surface area contributed by atoms with E-state index < -0.39 is 5.97 Å². The van der Waals surface area contributed by atoms with Crippen LogP contribution in [0.4, 0.5) is 5.82 Å². The number of likely N-dealkylation sites (tertiary alicyclic amines) is 1. The molecule has 6 heteroatoms. The molecule has 1 N–H and O–H groups in total. The van der Waals surface area contributed by atoms with E-state index in [2.05, 4.69) is 21.9 Å². The van der Waals surface area contributed by atoms with Crippen molar-refractivity contribution in [2.45, 2.75) is 12.8 Å². The second-order valence-corrected chi connectivity index (χ2v) is 5.19. The van der Waals surface area contributed by atoms with Crippen molar-refractivity contribution in [2.75, 3.05) is 38.6 Å². The molecule has 0 spiro atoms. The van der Waals surface area contributed by atoms with E-state index in [4.69, 9.17) is 5.11 Å². The van der Waals surface area contributed by atoms with Gasteiger partial charge in [-0.2, -0.15) is 0 Å². The molecule has 0 aromatic carbocycles. The molecule has 0 aliphatic carbocycles. The van der Waals surface area contributed by atoms with Crippen molar-refractivity contribution in [2.24, 2.45) is 5.92 Å². The van der Waals surface area contributed by atoms with E-state index in [1.165, 1.54) is 12.5 Å². The first-order chi connectivity index (χ1) is 9.08. The number of carboxylic acids is 1. The Bertz CT molecular complexity index is 444. The van der Waals surface area contributed by atoms with E-state index in [1.807, 2.05) is 11.9 Å². The van der Waals surface area contributed by atoms with Gasteiger partial charge in [-0.3, -0.25) is 0 Å². The number of rotatable bonds is 4. The highest BCUT2D eigenvalue weighted by Crippen LogP contribution is 2.21. The van der Waals surface area contributed by atoms with Gasteiger partial charge in [0.15, 0.2) is 0 Å². The van der Waals surface area contributed by atoms with Gasteiger partial charge in [0.1, 0.15) is 17.7 Å². The smallest absolute Gasteiger partial charge is 0.341 e. The second-order valence-electron chi connectivity index (χ2n) is 5.19. The van der Waals surface area contributed by atoms with Crippen molar-refractivity contribution in [3.05, 3.63) is 18.1 Å². The molecule has 6 nitrogen and oxygen atoms in total. The lowest BCUT2D eigenvalue weighted by atomic mass is 9.96. The molecular weight excluding hydrogens is 244 g/mol. The summed E-state index contributed by atoms with van der Waals surface area (Å²) in [5.74, 6) is 0.116. The van der Waals surface area contributed by atoms with Crippen LogP contribution in [-0.2, 0) is 0 Å². The van der Waals surface area contributed by atoms with Crippen LogP contribution in [0.25, 0.3) is 0 Å². The van der Waals surface area contributed by atoms with E-state index in [-0.39, 0.29) is 5.56 Å². The molecule has 104 valence electrons. The summed E-state index contributed by atoms with van der Waals surface area (Å²) in [4.78, 5) is 23.3. The predicted molar refractivity (Wildman–Crippen MR) is 72.5 cm³/mol. The highest BCUT2D eigenvalue weighted by atomic mass is 16.4. The Morgan fingerprint density at radius 3 is 2.84 bits per heavy atom. The molecule has 1 aromatic rings. The average molecular weight is 264 g/mol. The van der Waals surface area contributed by atoms with Crippen LogP contribution in [0, 0.1) is 5.92 Å². The van der Waals surface area contributed by atoms with Gasteiger partial charge in [0.25, 0.3) is 0 Å². The SMILES string of the molecule is CN1CCC(CN(C)c2ncncc2C(=O)O)CC1. The van der Waals surface area contributed by atoms with Crippen LogP contribution in [0.15, 0.2) is 12.5 Å². The number of hydrogen-bond donors (Lipinski definition) is 1. The third-order valence-electron chi connectivity index (χ3n) is 3.65. The number of anilines is 1. The molecule has 1 aliphatic rings. The maximum atomic E-state index is 11.1. The predicted octanol–water partition coefficient (Wildman–Crippen LogP) is 0.953. The summed E-state index contributed by atoms with van der Waals surface area (Å²) in [7, 11) is 4.03. The molecule has 1 aliphatic heterocycles. The minimum Gasteiger partial charge on any atom is -0.477 e. The van der Waals surface area contributed by atoms with Crippen molar-refractivity contribution in [3.63, 3.8) is 0 Å². The van der Waals surface area contributed by atoms with Crippen LogP contribution in [0.2, 0.25) is 0 Å². The van der Waals surface area contributed by atoms with Gasteiger partial charge in [-0.1, -0.05) is 0 Å². The number of carbonyl (C=O) groups is 1. The summed E-state index contributed by atoms with van der Waals surface area (Å²) in [6, 6.07) is 0. The lowest BCUT2D eigenvalue weighted by molar-refractivity contribution is 0.0696. The minimum absolute atomic E-state index is 0.165. The summed E-state index contributed by atoms with van der Waals surface area (Å²) < 4.78 is 0. The quantitative estimate of drug-likeness (QED) is 0.873. The fraction of sp³-hybridized carbons (Fsp3) is 0.615. The zero-order valence-electron chi connectivity index (χ0n) is 11.4. The van der Waals surface area contributed by atoms with E-state index in [0.29, 0.717) is 11.7 Å². The number of aromatic carboxylic acids is 1. The molecule has 2 heterocycles. The van der Waals surface area contributed by atoms with Crippen LogP contribution in [0.1, 0.15) is 23.2 Å². The van der Waals surface area contributed by atoms with Crippen molar-refractivity contribution in [3.8, 4) is 0 Å². The van der Waals surface area contributed by atoms with Gasteiger partial charge in [0, 0.05) is 19.8 Å². The fourth-order valence-corrected chi connectivity index (χ4v) is 2.50. The minimum atomic E-state index is -0.981. The van der Waals surface area contributed by atoms with Gasteiger partial charge < -0.3 is 14.9 Å². The van der Waals surface area contributed by atoms with Gasteiger partial charge in [0.2, 0.25) is 0 Å². The van der Waals surface area contributed by atoms with Crippen LogP contribution in [0.3, 0.4) is 0 Å².